The molecule has 0 bridgehead atoms. The molecule has 2 nitrogen and oxygen atoms in total. The number of likely N-dealkylation sites (N-methyl/N-ethyl adjacent to an activating group) is 1. The Morgan fingerprint density at radius 3 is 2.28 bits per heavy atom. The standard InChI is InChI=1S/C16H26N2/c1-13(2)10-15-6-4-14(5-7-15)8-9-18(3)16-11-17-12-16/h4-7,13,16-17H,8-12H2,1-3H3. The highest BCUT2D eigenvalue weighted by atomic mass is 15.2. The van der Waals surface area contributed by atoms with Gasteiger partial charge in [-0.2, -0.15) is 0 Å². The molecular formula is C16H26N2. The minimum absolute atomic E-state index is 0.744. The molecule has 1 saturated heterocycles. The molecule has 0 amide bonds. The van der Waals surface area contributed by atoms with Gasteiger partial charge >= 0.3 is 0 Å². The fourth-order valence-electron chi connectivity index (χ4n) is 2.39. The van der Waals surface area contributed by atoms with Crippen molar-refractivity contribution in [3.63, 3.8) is 0 Å². The number of nitrogens with zero attached hydrogens (tertiary/aromatic N) is 1. The Bertz CT molecular complexity index is 352. The van der Waals surface area contributed by atoms with Crippen molar-refractivity contribution < 1.29 is 0 Å². The number of nitrogens with one attached hydrogen (secondary N) is 1. The van der Waals surface area contributed by atoms with E-state index in [9.17, 15) is 0 Å². The molecule has 0 atom stereocenters. The van der Waals surface area contributed by atoms with Gasteiger partial charge in [-0.25, -0.2) is 0 Å². The Balaban J connectivity index is 1.78. The number of rotatable bonds is 6. The third-order valence-corrected chi connectivity index (χ3v) is 3.80. The molecule has 1 aliphatic rings. The lowest BCUT2D eigenvalue weighted by molar-refractivity contribution is 0.182. The maximum Gasteiger partial charge on any atom is 0.0342 e. The maximum absolute atomic E-state index is 3.32. The van der Waals surface area contributed by atoms with Crippen molar-refractivity contribution in [2.24, 2.45) is 5.92 Å². The third-order valence-electron chi connectivity index (χ3n) is 3.80. The molecule has 100 valence electrons. The maximum atomic E-state index is 3.32. The summed E-state index contributed by atoms with van der Waals surface area (Å²) in [6.07, 6.45) is 2.35. The Kier molecular flexibility index (Phi) is 4.79. The highest BCUT2D eigenvalue weighted by Gasteiger charge is 2.20. The van der Waals surface area contributed by atoms with E-state index in [1.54, 1.807) is 0 Å². The highest BCUT2D eigenvalue weighted by molar-refractivity contribution is 5.23. The van der Waals surface area contributed by atoms with Crippen LogP contribution in [0.5, 0.6) is 0 Å². The largest absolute Gasteiger partial charge is 0.314 e. The molecule has 0 radical (unpaired) electrons. The summed E-state index contributed by atoms with van der Waals surface area (Å²) in [7, 11) is 2.23. The van der Waals surface area contributed by atoms with Crippen molar-refractivity contribution in [1.82, 2.24) is 10.2 Å². The van der Waals surface area contributed by atoms with Crippen LogP contribution in [0.25, 0.3) is 0 Å². The Hall–Kier alpha value is -0.860. The first kappa shape index (κ1) is 13.6. The first-order valence-electron chi connectivity index (χ1n) is 7.14. The quantitative estimate of drug-likeness (QED) is 0.829. The molecule has 1 aliphatic heterocycles. The molecule has 1 heterocycles. The van der Waals surface area contributed by atoms with Crippen molar-refractivity contribution in [2.75, 3.05) is 26.7 Å². The molecule has 1 aromatic rings. The summed E-state index contributed by atoms with van der Waals surface area (Å²) in [5.41, 5.74) is 2.92. The molecule has 18 heavy (non-hydrogen) atoms. The van der Waals surface area contributed by atoms with E-state index >= 15 is 0 Å². The molecule has 2 rings (SSSR count). The lowest BCUT2D eigenvalue weighted by Crippen LogP contribution is -2.56. The smallest absolute Gasteiger partial charge is 0.0342 e. The molecule has 0 unspecified atom stereocenters. The van der Waals surface area contributed by atoms with Crippen molar-refractivity contribution in [3.8, 4) is 0 Å². The summed E-state index contributed by atoms with van der Waals surface area (Å²) >= 11 is 0. The summed E-state index contributed by atoms with van der Waals surface area (Å²) in [6.45, 7) is 8.02. The van der Waals surface area contributed by atoms with Crippen LogP contribution in [0.1, 0.15) is 25.0 Å². The lowest BCUT2D eigenvalue weighted by Gasteiger charge is -2.35. The van der Waals surface area contributed by atoms with Crippen LogP contribution in [0.4, 0.5) is 0 Å². The van der Waals surface area contributed by atoms with E-state index in [2.05, 4.69) is 55.4 Å². The van der Waals surface area contributed by atoms with Gasteiger partial charge in [-0.1, -0.05) is 38.1 Å². The topological polar surface area (TPSA) is 15.3 Å². The molecule has 1 fully saturated rings. The van der Waals surface area contributed by atoms with E-state index in [1.807, 2.05) is 0 Å². The summed E-state index contributed by atoms with van der Waals surface area (Å²) in [5.74, 6) is 0.744. The fraction of sp³-hybridized carbons (Fsp3) is 0.625. The minimum atomic E-state index is 0.744. The summed E-state index contributed by atoms with van der Waals surface area (Å²) < 4.78 is 0. The van der Waals surface area contributed by atoms with Crippen LogP contribution in [0.3, 0.4) is 0 Å². The molecule has 1 N–H and O–H groups in total. The van der Waals surface area contributed by atoms with Gasteiger partial charge < -0.3 is 10.2 Å². The monoisotopic (exact) mass is 246 g/mol. The predicted octanol–water partition coefficient (Wildman–Crippen LogP) is 2.33. The molecule has 0 saturated carbocycles. The normalized spacial score (nSPS) is 16.3. The van der Waals surface area contributed by atoms with Crippen LogP contribution < -0.4 is 5.32 Å². The van der Waals surface area contributed by atoms with E-state index in [1.165, 1.54) is 17.5 Å². The van der Waals surface area contributed by atoms with E-state index in [0.717, 1.165) is 38.0 Å². The Morgan fingerprint density at radius 1 is 1.17 bits per heavy atom. The van der Waals surface area contributed by atoms with Gasteiger partial charge in [-0.15, -0.1) is 0 Å². The van der Waals surface area contributed by atoms with E-state index in [-0.39, 0.29) is 0 Å². The van der Waals surface area contributed by atoms with Gasteiger partial charge in [0.15, 0.2) is 0 Å². The summed E-state index contributed by atoms with van der Waals surface area (Å²) in [6, 6.07) is 9.93. The van der Waals surface area contributed by atoms with E-state index in [4.69, 9.17) is 0 Å². The minimum Gasteiger partial charge on any atom is -0.314 e. The van der Waals surface area contributed by atoms with Crippen LogP contribution in [-0.4, -0.2) is 37.6 Å². The average Bonchev–Trinajstić information content (AvgIpc) is 2.25. The number of hydrogen-bond donors (Lipinski definition) is 1. The molecule has 2 heteroatoms. The molecule has 0 aliphatic carbocycles. The predicted molar refractivity (Wildman–Crippen MR) is 78.0 cm³/mol. The average molecular weight is 246 g/mol. The molecule has 0 spiro atoms. The van der Waals surface area contributed by atoms with Crippen LogP contribution in [-0.2, 0) is 12.8 Å². The zero-order valence-electron chi connectivity index (χ0n) is 11.9. The summed E-state index contributed by atoms with van der Waals surface area (Å²) in [5, 5.41) is 3.32. The highest BCUT2D eigenvalue weighted by Crippen LogP contribution is 2.11. The van der Waals surface area contributed by atoms with Gasteiger partial charge in [0.1, 0.15) is 0 Å². The SMILES string of the molecule is CC(C)Cc1ccc(CCN(C)C2CNC2)cc1. The van der Waals surface area contributed by atoms with Crippen LogP contribution in [0.2, 0.25) is 0 Å². The van der Waals surface area contributed by atoms with Crippen molar-refractivity contribution in [3.05, 3.63) is 35.4 Å². The van der Waals surface area contributed by atoms with Gasteiger partial charge in [0, 0.05) is 25.7 Å². The van der Waals surface area contributed by atoms with E-state index in [0.29, 0.717) is 0 Å². The lowest BCUT2D eigenvalue weighted by atomic mass is 10.0. The fourth-order valence-corrected chi connectivity index (χ4v) is 2.39. The van der Waals surface area contributed by atoms with Crippen molar-refractivity contribution >= 4 is 0 Å². The second-order valence-corrected chi connectivity index (χ2v) is 5.96. The van der Waals surface area contributed by atoms with Crippen LogP contribution >= 0.6 is 0 Å². The van der Waals surface area contributed by atoms with Gasteiger partial charge in [0.25, 0.3) is 0 Å². The summed E-state index contributed by atoms with van der Waals surface area (Å²) in [4.78, 5) is 2.47. The van der Waals surface area contributed by atoms with Crippen LogP contribution in [0, 0.1) is 5.92 Å². The second-order valence-electron chi connectivity index (χ2n) is 5.96. The second kappa shape index (κ2) is 6.35. The van der Waals surface area contributed by atoms with Gasteiger partial charge in [0.2, 0.25) is 0 Å². The van der Waals surface area contributed by atoms with Crippen molar-refractivity contribution in [1.29, 1.82) is 0 Å². The van der Waals surface area contributed by atoms with Gasteiger partial charge in [-0.3, -0.25) is 0 Å². The van der Waals surface area contributed by atoms with Crippen molar-refractivity contribution in [2.45, 2.75) is 32.7 Å². The number of benzene rings is 1. The third kappa shape index (κ3) is 3.82. The van der Waals surface area contributed by atoms with E-state index < -0.39 is 0 Å². The molecule has 1 aromatic carbocycles. The zero-order chi connectivity index (χ0) is 13.0. The first-order chi connectivity index (χ1) is 8.65. The number of hydrogen-bond acceptors (Lipinski definition) is 2. The Labute approximate surface area is 111 Å². The molecular weight excluding hydrogens is 220 g/mol. The first-order valence-corrected chi connectivity index (χ1v) is 7.14. The van der Waals surface area contributed by atoms with Gasteiger partial charge in [0.05, 0.1) is 0 Å². The van der Waals surface area contributed by atoms with Crippen LogP contribution in [0.15, 0.2) is 24.3 Å². The zero-order valence-corrected chi connectivity index (χ0v) is 11.9. The Morgan fingerprint density at radius 2 is 1.78 bits per heavy atom. The molecule has 0 aromatic heterocycles. The van der Waals surface area contributed by atoms with Gasteiger partial charge in [-0.05, 0) is 36.9 Å².